The molecule has 0 aromatic heterocycles. The summed E-state index contributed by atoms with van der Waals surface area (Å²) in [6, 6.07) is 11.8. The average molecular weight is 442 g/mol. The summed E-state index contributed by atoms with van der Waals surface area (Å²) in [5.74, 6) is 0.376. The van der Waals surface area contributed by atoms with Gasteiger partial charge in [0, 0.05) is 5.39 Å². The first-order valence-electron chi connectivity index (χ1n) is 8.28. The molecule has 0 radical (unpaired) electrons. The van der Waals surface area contributed by atoms with E-state index in [1.54, 1.807) is 6.07 Å². The highest BCUT2D eigenvalue weighted by Gasteiger charge is 2.44. The van der Waals surface area contributed by atoms with Gasteiger partial charge in [0.25, 0.3) is 0 Å². The second-order valence-corrected chi connectivity index (χ2v) is 9.50. The summed E-state index contributed by atoms with van der Waals surface area (Å²) in [5, 5.41) is 13.2. The third kappa shape index (κ3) is 9.71. The summed E-state index contributed by atoms with van der Waals surface area (Å²) in [5.41, 5.74) is -5.53. The standard InChI is InChI=1S/C12H13OP.C5H12.CHF3O3S.CH4/c1-14(2)12-8-7-11(13)9-5-3-4-6-10(9)12;1-3-5-4-2;2-1(3,4)8(5,6)7;/h3-8,13H,1-2H3;3-5H2,1-2H3;(H,5,6,7);1H4. The van der Waals surface area contributed by atoms with Crippen molar-refractivity contribution in [3.63, 3.8) is 0 Å². The summed E-state index contributed by atoms with van der Waals surface area (Å²) in [7, 11) is -5.96. The van der Waals surface area contributed by atoms with E-state index in [1.807, 2.05) is 24.3 Å². The lowest BCUT2D eigenvalue weighted by Crippen LogP contribution is -2.21. The molecule has 0 aliphatic heterocycles. The molecule has 0 unspecified atom stereocenters. The maximum absolute atomic E-state index is 10.7. The molecule has 2 N–H and O–H groups in total. The Kier molecular flexibility index (Phi) is 13.4. The first-order chi connectivity index (χ1) is 12.4. The lowest BCUT2D eigenvalue weighted by atomic mass is 10.1. The van der Waals surface area contributed by atoms with E-state index in [1.165, 1.54) is 30.0 Å². The molecular formula is C19H30F3O4PS. The number of alkyl halides is 3. The molecule has 4 nitrogen and oxygen atoms in total. The topological polar surface area (TPSA) is 74.6 Å². The summed E-state index contributed by atoms with van der Waals surface area (Å²) in [4.78, 5) is 0. The molecular weight excluding hydrogens is 412 g/mol. The number of hydrogen-bond acceptors (Lipinski definition) is 3. The monoisotopic (exact) mass is 442 g/mol. The SMILES string of the molecule is C.CCCCC.CP(C)c1ccc(O)c2ccccc12.O=S(=O)(O)C(F)(F)F. The Hall–Kier alpha value is -1.37. The molecule has 0 saturated heterocycles. The molecule has 0 saturated carbocycles. The molecule has 162 valence electrons. The van der Waals surface area contributed by atoms with Crippen LogP contribution in [0.3, 0.4) is 0 Å². The van der Waals surface area contributed by atoms with E-state index in [2.05, 4.69) is 33.2 Å². The van der Waals surface area contributed by atoms with Crippen LogP contribution >= 0.6 is 7.92 Å². The number of benzene rings is 2. The predicted octanol–water partition coefficient (Wildman–Crippen LogP) is 6.14. The number of phenols is 1. The molecule has 2 rings (SSSR count). The minimum atomic E-state index is -5.84. The number of fused-ring (bicyclic) bond motifs is 1. The predicted molar refractivity (Wildman–Crippen MR) is 114 cm³/mol. The first-order valence-corrected chi connectivity index (χ1v) is 12.0. The van der Waals surface area contributed by atoms with E-state index >= 15 is 0 Å². The van der Waals surface area contributed by atoms with Crippen LogP contribution in [0.2, 0.25) is 0 Å². The highest BCUT2D eigenvalue weighted by molar-refractivity contribution is 7.86. The zero-order chi connectivity index (χ0) is 21.3. The molecule has 0 bridgehead atoms. The summed E-state index contributed by atoms with van der Waals surface area (Å²) in [6.45, 7) is 8.88. The minimum Gasteiger partial charge on any atom is -0.507 e. The Labute approximate surface area is 167 Å². The van der Waals surface area contributed by atoms with Gasteiger partial charge in [0.15, 0.2) is 0 Å². The molecule has 0 aliphatic carbocycles. The fraction of sp³-hybridized carbons (Fsp3) is 0.474. The lowest BCUT2D eigenvalue weighted by Gasteiger charge is -2.10. The highest BCUT2D eigenvalue weighted by atomic mass is 32.2. The molecule has 0 aliphatic rings. The molecule has 28 heavy (non-hydrogen) atoms. The number of unbranched alkanes of at least 4 members (excludes halogenated alkanes) is 2. The Balaban J connectivity index is 0. The van der Waals surface area contributed by atoms with Crippen LogP contribution in [0.4, 0.5) is 13.2 Å². The minimum absolute atomic E-state index is 0. The van der Waals surface area contributed by atoms with Gasteiger partial charge in [-0.3, -0.25) is 4.55 Å². The van der Waals surface area contributed by atoms with E-state index < -0.39 is 15.6 Å². The zero-order valence-electron chi connectivity index (χ0n) is 15.8. The average Bonchev–Trinajstić information content (AvgIpc) is 2.55. The van der Waals surface area contributed by atoms with Gasteiger partial charge in [-0.2, -0.15) is 21.6 Å². The Morgan fingerprint density at radius 1 is 0.964 bits per heavy atom. The second kappa shape index (κ2) is 13.0. The van der Waals surface area contributed by atoms with E-state index in [0.717, 1.165) is 5.39 Å². The maximum atomic E-state index is 10.7. The van der Waals surface area contributed by atoms with E-state index in [-0.39, 0.29) is 15.3 Å². The fourth-order valence-corrected chi connectivity index (χ4v) is 3.06. The highest BCUT2D eigenvalue weighted by Crippen LogP contribution is 2.32. The van der Waals surface area contributed by atoms with Gasteiger partial charge in [0.05, 0.1) is 0 Å². The van der Waals surface area contributed by atoms with Crippen molar-refractivity contribution in [2.45, 2.75) is 46.0 Å². The van der Waals surface area contributed by atoms with Gasteiger partial charge in [-0.15, -0.1) is 0 Å². The van der Waals surface area contributed by atoms with Crippen molar-refractivity contribution in [1.82, 2.24) is 0 Å². The third-order valence-corrected chi connectivity index (χ3v) is 5.30. The molecule has 2 aromatic rings. The van der Waals surface area contributed by atoms with Crippen molar-refractivity contribution >= 4 is 34.1 Å². The number of phenolic OH excluding ortho intramolecular Hbond substituents is 1. The molecule has 0 fully saturated rings. The van der Waals surface area contributed by atoms with E-state index in [0.29, 0.717) is 5.75 Å². The van der Waals surface area contributed by atoms with Crippen LogP contribution in [-0.4, -0.2) is 36.9 Å². The molecule has 0 amide bonds. The zero-order valence-corrected chi connectivity index (χ0v) is 17.5. The van der Waals surface area contributed by atoms with Crippen molar-refractivity contribution in [3.05, 3.63) is 36.4 Å². The van der Waals surface area contributed by atoms with Crippen LogP contribution in [0.25, 0.3) is 10.8 Å². The Morgan fingerprint density at radius 3 is 1.71 bits per heavy atom. The van der Waals surface area contributed by atoms with Crippen LogP contribution in [-0.2, 0) is 10.1 Å². The van der Waals surface area contributed by atoms with Crippen LogP contribution < -0.4 is 5.30 Å². The largest absolute Gasteiger partial charge is 0.522 e. The summed E-state index contributed by atoms with van der Waals surface area (Å²) < 4.78 is 57.5. The van der Waals surface area contributed by atoms with Crippen molar-refractivity contribution < 1.29 is 31.2 Å². The van der Waals surface area contributed by atoms with Gasteiger partial charge in [-0.1, -0.05) is 78.8 Å². The van der Waals surface area contributed by atoms with Crippen molar-refractivity contribution in [2.75, 3.05) is 13.3 Å². The van der Waals surface area contributed by atoms with Crippen LogP contribution in [0.15, 0.2) is 36.4 Å². The van der Waals surface area contributed by atoms with Gasteiger partial charge in [0.1, 0.15) is 5.75 Å². The summed E-state index contributed by atoms with van der Waals surface area (Å²) in [6.07, 6.45) is 4.08. The van der Waals surface area contributed by atoms with Crippen molar-refractivity contribution in [1.29, 1.82) is 0 Å². The normalized spacial score (nSPS) is 11.0. The van der Waals surface area contributed by atoms with E-state index in [9.17, 15) is 18.3 Å². The fourth-order valence-electron chi connectivity index (χ4n) is 2.01. The van der Waals surface area contributed by atoms with Crippen molar-refractivity contribution in [2.24, 2.45) is 0 Å². The van der Waals surface area contributed by atoms with Crippen LogP contribution in [0.1, 0.15) is 40.5 Å². The lowest BCUT2D eigenvalue weighted by molar-refractivity contribution is -0.0510. The molecule has 0 spiro atoms. The van der Waals surface area contributed by atoms with Crippen LogP contribution in [0.5, 0.6) is 5.75 Å². The third-order valence-electron chi connectivity index (χ3n) is 3.36. The van der Waals surface area contributed by atoms with Crippen molar-refractivity contribution in [3.8, 4) is 5.75 Å². The van der Waals surface area contributed by atoms with Gasteiger partial charge in [0.2, 0.25) is 0 Å². The van der Waals surface area contributed by atoms with Crippen LogP contribution in [0, 0.1) is 0 Å². The Morgan fingerprint density at radius 2 is 1.39 bits per heavy atom. The van der Waals surface area contributed by atoms with Gasteiger partial charge in [-0.25, -0.2) is 0 Å². The smallest absolute Gasteiger partial charge is 0.507 e. The number of halogens is 3. The van der Waals surface area contributed by atoms with Gasteiger partial charge < -0.3 is 5.11 Å². The summed E-state index contributed by atoms with van der Waals surface area (Å²) >= 11 is 0. The number of hydrogen-bond donors (Lipinski definition) is 2. The Bertz CT molecular complexity index is 804. The van der Waals surface area contributed by atoms with Gasteiger partial charge >= 0.3 is 15.6 Å². The molecule has 0 heterocycles. The number of aromatic hydroxyl groups is 1. The first kappa shape index (κ1) is 28.8. The molecule has 9 heteroatoms. The van der Waals surface area contributed by atoms with E-state index in [4.69, 9.17) is 13.0 Å². The molecule has 2 aromatic carbocycles. The number of rotatable bonds is 3. The quantitative estimate of drug-likeness (QED) is 0.340. The molecule has 0 atom stereocenters. The van der Waals surface area contributed by atoms with Gasteiger partial charge in [-0.05, 0) is 30.1 Å². The maximum Gasteiger partial charge on any atom is 0.522 e. The second-order valence-electron chi connectivity index (χ2n) is 5.82.